The maximum Gasteiger partial charge on any atom is 0.166 e. The Morgan fingerprint density at radius 2 is 1.83 bits per heavy atom. The van der Waals surface area contributed by atoms with Crippen molar-refractivity contribution in [2.24, 2.45) is 15.7 Å². The lowest BCUT2D eigenvalue weighted by Crippen LogP contribution is -2.40. The van der Waals surface area contributed by atoms with Crippen molar-refractivity contribution in [1.82, 2.24) is 4.90 Å². The third-order valence-electron chi connectivity index (χ3n) is 2.98. The van der Waals surface area contributed by atoms with Crippen molar-refractivity contribution in [1.29, 1.82) is 0 Å². The van der Waals surface area contributed by atoms with Crippen LogP contribution in [0, 0.1) is 0 Å². The second kappa shape index (κ2) is 11.4. The van der Waals surface area contributed by atoms with Gasteiger partial charge in [0.1, 0.15) is 5.75 Å². The summed E-state index contributed by atoms with van der Waals surface area (Å²) < 4.78 is 10.5. The number of amidine groups is 2. The maximum atomic E-state index is 6.00. The van der Waals surface area contributed by atoms with Gasteiger partial charge in [0, 0.05) is 20.1 Å². The second-order valence-corrected chi connectivity index (χ2v) is 5.34. The third kappa shape index (κ3) is 6.87. The molecule has 1 aromatic carbocycles. The van der Waals surface area contributed by atoms with Crippen molar-refractivity contribution in [2.45, 2.75) is 0 Å². The fraction of sp³-hybridized carbons (Fsp3) is 0.429. The van der Waals surface area contributed by atoms with Gasteiger partial charge in [-0.05, 0) is 36.0 Å². The molecule has 1 aliphatic rings. The fourth-order valence-corrected chi connectivity index (χ4v) is 2.65. The summed E-state index contributed by atoms with van der Waals surface area (Å²) in [6.07, 6.45) is 0. The van der Waals surface area contributed by atoms with Crippen LogP contribution >= 0.6 is 36.6 Å². The number of methoxy groups -OCH3 is 1. The summed E-state index contributed by atoms with van der Waals surface area (Å²) >= 11 is 1.37. The monoisotopic (exact) mass is 380 g/mol. The molecule has 0 radical (unpaired) electrons. The van der Waals surface area contributed by atoms with E-state index in [1.807, 2.05) is 24.3 Å². The smallest absolute Gasteiger partial charge is 0.166 e. The molecule has 0 unspecified atom stereocenters. The van der Waals surface area contributed by atoms with E-state index in [1.54, 1.807) is 14.2 Å². The van der Waals surface area contributed by atoms with Crippen LogP contribution < -0.4 is 10.5 Å². The predicted octanol–water partition coefficient (Wildman–Crippen LogP) is 2.54. The molecule has 0 spiro atoms. The van der Waals surface area contributed by atoms with E-state index in [2.05, 4.69) is 14.9 Å². The van der Waals surface area contributed by atoms with E-state index >= 15 is 0 Å². The lowest BCUT2D eigenvalue weighted by Gasteiger charge is -2.28. The molecule has 0 saturated carbocycles. The molecule has 0 aromatic heterocycles. The number of thioether (sulfide) groups is 1. The van der Waals surface area contributed by atoms with Crippen LogP contribution in [0.3, 0.4) is 0 Å². The van der Waals surface area contributed by atoms with Crippen LogP contribution in [0.1, 0.15) is 0 Å². The van der Waals surface area contributed by atoms with Crippen molar-refractivity contribution in [2.75, 3.05) is 40.5 Å². The standard InChI is InChI=1S/C14H20N4O2S.2ClH/c1-16-14(18-7-9-20-10-8-18)21-13(15)17-11-3-5-12(19-2)6-4-11;;/h3-6H,7-10H2,1-2H3,(H2,15,17);2*1H. The number of aliphatic imine (C=N–C) groups is 2. The first kappa shape index (κ1) is 21.9. The highest BCUT2D eigenvalue weighted by molar-refractivity contribution is 8.26. The number of hydrogen-bond donors (Lipinski definition) is 1. The number of nitrogens with two attached hydrogens (primary N) is 1. The summed E-state index contributed by atoms with van der Waals surface area (Å²) in [5.74, 6) is 0.796. The molecule has 1 fully saturated rings. The van der Waals surface area contributed by atoms with Crippen LogP contribution in [0.4, 0.5) is 5.69 Å². The minimum absolute atomic E-state index is 0. The van der Waals surface area contributed by atoms with Gasteiger partial charge in [0.2, 0.25) is 0 Å². The Hall–Kier alpha value is -1.15. The highest BCUT2D eigenvalue weighted by Crippen LogP contribution is 2.20. The van der Waals surface area contributed by atoms with Gasteiger partial charge in [-0.1, -0.05) is 0 Å². The molecule has 2 rings (SSSR count). The lowest BCUT2D eigenvalue weighted by molar-refractivity contribution is 0.0693. The Balaban J connectivity index is 0.00000242. The zero-order valence-electron chi connectivity index (χ0n) is 13.1. The Morgan fingerprint density at radius 3 is 2.35 bits per heavy atom. The van der Waals surface area contributed by atoms with E-state index in [0.29, 0.717) is 5.17 Å². The molecular formula is C14H22Cl2N4O2S. The van der Waals surface area contributed by atoms with Crippen LogP contribution in [0.15, 0.2) is 34.3 Å². The molecular weight excluding hydrogens is 359 g/mol. The van der Waals surface area contributed by atoms with Crippen LogP contribution in [0.25, 0.3) is 0 Å². The zero-order valence-corrected chi connectivity index (χ0v) is 15.5. The highest BCUT2D eigenvalue weighted by Gasteiger charge is 2.16. The minimum atomic E-state index is 0. The van der Waals surface area contributed by atoms with Crippen molar-refractivity contribution in [3.05, 3.63) is 24.3 Å². The number of rotatable bonds is 2. The normalized spacial score (nSPS) is 15.5. The molecule has 1 heterocycles. The van der Waals surface area contributed by atoms with Gasteiger partial charge in [-0.15, -0.1) is 24.8 Å². The van der Waals surface area contributed by atoms with E-state index in [-0.39, 0.29) is 24.8 Å². The van der Waals surface area contributed by atoms with Crippen molar-refractivity contribution in [3.8, 4) is 5.75 Å². The number of ether oxygens (including phenoxy) is 2. The van der Waals surface area contributed by atoms with Crippen molar-refractivity contribution < 1.29 is 9.47 Å². The first-order chi connectivity index (χ1) is 10.2. The number of halogens is 2. The zero-order chi connectivity index (χ0) is 15.1. The van der Waals surface area contributed by atoms with Gasteiger partial charge in [-0.2, -0.15) is 0 Å². The molecule has 0 aliphatic carbocycles. The minimum Gasteiger partial charge on any atom is -0.497 e. The molecule has 130 valence electrons. The Morgan fingerprint density at radius 1 is 1.22 bits per heavy atom. The van der Waals surface area contributed by atoms with Gasteiger partial charge in [0.05, 0.1) is 26.0 Å². The van der Waals surface area contributed by atoms with Gasteiger partial charge in [-0.3, -0.25) is 4.99 Å². The Bertz CT molecular complexity index is 520. The van der Waals surface area contributed by atoms with Crippen LogP contribution in [-0.2, 0) is 4.74 Å². The average Bonchev–Trinajstić information content (AvgIpc) is 2.54. The summed E-state index contributed by atoms with van der Waals surface area (Å²) in [5.41, 5.74) is 6.79. The largest absolute Gasteiger partial charge is 0.497 e. The molecule has 1 aliphatic heterocycles. The van der Waals surface area contributed by atoms with E-state index < -0.39 is 0 Å². The topological polar surface area (TPSA) is 72.4 Å². The molecule has 6 nitrogen and oxygen atoms in total. The summed E-state index contributed by atoms with van der Waals surface area (Å²) in [4.78, 5) is 10.8. The Labute approximate surface area is 153 Å². The van der Waals surface area contributed by atoms with E-state index in [0.717, 1.165) is 42.9 Å². The van der Waals surface area contributed by atoms with Crippen molar-refractivity contribution in [3.63, 3.8) is 0 Å². The van der Waals surface area contributed by atoms with Crippen molar-refractivity contribution >= 4 is 52.6 Å². The third-order valence-corrected chi connectivity index (χ3v) is 3.90. The molecule has 23 heavy (non-hydrogen) atoms. The SMILES string of the molecule is CN=C(SC(N)=Nc1ccc(OC)cc1)N1CCOCC1.Cl.Cl. The first-order valence-electron chi connectivity index (χ1n) is 6.68. The van der Waals surface area contributed by atoms with Gasteiger partial charge in [-0.25, -0.2) is 4.99 Å². The quantitative estimate of drug-likeness (QED) is 0.630. The predicted molar refractivity (Wildman–Crippen MR) is 102 cm³/mol. The van der Waals surface area contributed by atoms with Gasteiger partial charge in [0.15, 0.2) is 10.3 Å². The molecule has 0 bridgehead atoms. The summed E-state index contributed by atoms with van der Waals surface area (Å²) in [7, 11) is 3.40. The maximum absolute atomic E-state index is 6.00. The molecule has 1 aromatic rings. The summed E-state index contributed by atoms with van der Waals surface area (Å²) in [5, 5.41) is 1.33. The summed E-state index contributed by atoms with van der Waals surface area (Å²) in [6.45, 7) is 3.09. The van der Waals surface area contributed by atoms with Crippen LogP contribution in [-0.4, -0.2) is 55.7 Å². The van der Waals surface area contributed by atoms with Gasteiger partial charge < -0.3 is 20.1 Å². The van der Waals surface area contributed by atoms with E-state index in [4.69, 9.17) is 15.2 Å². The number of morpholine rings is 1. The highest BCUT2D eigenvalue weighted by atomic mass is 35.5. The van der Waals surface area contributed by atoms with Crippen LogP contribution in [0.5, 0.6) is 5.75 Å². The van der Waals surface area contributed by atoms with E-state index in [1.165, 1.54) is 11.8 Å². The molecule has 0 amide bonds. The van der Waals surface area contributed by atoms with E-state index in [9.17, 15) is 0 Å². The molecule has 1 saturated heterocycles. The molecule has 0 atom stereocenters. The van der Waals surface area contributed by atoms with Gasteiger partial charge in [0.25, 0.3) is 0 Å². The number of nitrogens with zero attached hydrogens (tertiary/aromatic N) is 3. The summed E-state index contributed by atoms with van der Waals surface area (Å²) in [6, 6.07) is 7.44. The van der Waals surface area contributed by atoms with Crippen LogP contribution in [0.2, 0.25) is 0 Å². The van der Waals surface area contributed by atoms with Gasteiger partial charge >= 0.3 is 0 Å². The molecule has 9 heteroatoms. The Kier molecular flexibility index (Phi) is 10.8. The number of hydrogen-bond acceptors (Lipinski definition) is 5. The average molecular weight is 381 g/mol. The second-order valence-electron chi connectivity index (χ2n) is 4.36. The first-order valence-corrected chi connectivity index (χ1v) is 7.50. The lowest BCUT2D eigenvalue weighted by atomic mass is 10.3. The molecule has 2 N–H and O–H groups in total. The fourth-order valence-electron chi connectivity index (χ4n) is 1.91. The number of benzene rings is 1.